The van der Waals surface area contributed by atoms with Crippen LogP contribution in [-0.2, 0) is 0 Å². The fourth-order valence-corrected chi connectivity index (χ4v) is 4.85. The van der Waals surface area contributed by atoms with Gasteiger partial charge in [-0.1, -0.05) is 6.07 Å². The number of aliphatic hydroxyl groups is 1. The molecule has 7 nitrogen and oxygen atoms in total. The summed E-state index contributed by atoms with van der Waals surface area (Å²) in [6.07, 6.45) is 4.51. The molecule has 0 aliphatic carbocycles. The summed E-state index contributed by atoms with van der Waals surface area (Å²) in [5.41, 5.74) is 3.38. The van der Waals surface area contributed by atoms with E-state index in [4.69, 9.17) is 0 Å². The number of phenolic OH excluding ortho intramolecular Hbond substituents is 1. The molecule has 0 saturated carbocycles. The van der Waals surface area contributed by atoms with Gasteiger partial charge in [0.1, 0.15) is 11.9 Å². The summed E-state index contributed by atoms with van der Waals surface area (Å²) in [6, 6.07) is 9.01. The minimum atomic E-state index is -0.677. The third-order valence-electron chi connectivity index (χ3n) is 5.76. The molecular formula is C23H29N5O2. The third kappa shape index (κ3) is 4.22. The molecule has 1 aromatic carbocycles. The second-order valence-corrected chi connectivity index (χ2v) is 9.57. The van der Waals surface area contributed by atoms with Gasteiger partial charge in [-0.05, 0) is 76.3 Å². The van der Waals surface area contributed by atoms with Crippen molar-refractivity contribution >= 4 is 0 Å². The lowest BCUT2D eigenvalue weighted by Crippen LogP contribution is -2.58. The summed E-state index contributed by atoms with van der Waals surface area (Å²) in [6.45, 7) is 8.66. The van der Waals surface area contributed by atoms with E-state index >= 15 is 0 Å². The van der Waals surface area contributed by atoms with Crippen LogP contribution in [0.5, 0.6) is 5.75 Å². The molecule has 7 heteroatoms. The Bertz CT molecular complexity index is 997. The van der Waals surface area contributed by atoms with E-state index in [2.05, 4.69) is 53.4 Å². The second kappa shape index (κ2) is 7.49. The van der Waals surface area contributed by atoms with E-state index in [0.717, 1.165) is 24.0 Å². The van der Waals surface area contributed by atoms with E-state index in [-0.39, 0.29) is 22.7 Å². The topological polar surface area (TPSA) is 107 Å². The summed E-state index contributed by atoms with van der Waals surface area (Å²) >= 11 is 0. The molecule has 0 amide bonds. The molecule has 1 saturated heterocycles. The lowest BCUT2D eigenvalue weighted by molar-refractivity contribution is 0.0235. The summed E-state index contributed by atoms with van der Waals surface area (Å²) in [7, 11) is 0. The maximum atomic E-state index is 11.0. The molecule has 4 rings (SSSR count). The highest BCUT2D eigenvalue weighted by Gasteiger charge is 2.41. The van der Waals surface area contributed by atoms with Gasteiger partial charge in [-0.2, -0.15) is 15.3 Å². The molecule has 1 aliphatic rings. The van der Waals surface area contributed by atoms with Crippen LogP contribution in [0.1, 0.15) is 52.3 Å². The summed E-state index contributed by atoms with van der Waals surface area (Å²) in [5.74, 6) is 0.220. The number of aromatic nitrogens is 4. The molecule has 1 atom stereocenters. The first kappa shape index (κ1) is 20.5. The number of piperidine rings is 1. The number of hydrogen-bond donors (Lipinski definition) is 4. The minimum absolute atomic E-state index is 0.0523. The first-order chi connectivity index (χ1) is 14.1. The Labute approximate surface area is 176 Å². The minimum Gasteiger partial charge on any atom is -0.507 e. The van der Waals surface area contributed by atoms with Gasteiger partial charge in [0.2, 0.25) is 0 Å². The van der Waals surface area contributed by atoms with Gasteiger partial charge in [0.25, 0.3) is 0 Å². The van der Waals surface area contributed by atoms with Crippen LogP contribution in [0, 0.1) is 5.92 Å². The van der Waals surface area contributed by atoms with Crippen LogP contribution >= 0.6 is 0 Å². The van der Waals surface area contributed by atoms with Crippen LogP contribution < -0.4 is 5.32 Å². The van der Waals surface area contributed by atoms with Gasteiger partial charge in [0.05, 0.1) is 17.6 Å². The van der Waals surface area contributed by atoms with Gasteiger partial charge in [0, 0.05) is 28.4 Å². The predicted octanol–water partition coefficient (Wildman–Crippen LogP) is 3.83. The normalized spacial score (nSPS) is 19.5. The average molecular weight is 408 g/mol. The van der Waals surface area contributed by atoms with E-state index in [9.17, 15) is 10.2 Å². The van der Waals surface area contributed by atoms with Crippen molar-refractivity contribution in [3.8, 4) is 28.1 Å². The number of hydrogen-bond acceptors (Lipinski definition) is 6. The monoisotopic (exact) mass is 407 g/mol. The van der Waals surface area contributed by atoms with Gasteiger partial charge in [-0.3, -0.25) is 5.10 Å². The maximum Gasteiger partial charge on any atom is 0.125 e. The smallest absolute Gasteiger partial charge is 0.125 e. The van der Waals surface area contributed by atoms with Crippen molar-refractivity contribution in [2.24, 2.45) is 5.92 Å². The molecule has 0 radical (unpaired) electrons. The maximum absolute atomic E-state index is 11.0. The zero-order valence-corrected chi connectivity index (χ0v) is 17.8. The zero-order valence-electron chi connectivity index (χ0n) is 17.8. The quantitative estimate of drug-likeness (QED) is 0.524. The van der Waals surface area contributed by atoms with Crippen molar-refractivity contribution in [2.45, 2.75) is 57.7 Å². The van der Waals surface area contributed by atoms with E-state index < -0.39 is 6.10 Å². The molecule has 0 spiro atoms. The molecule has 1 unspecified atom stereocenters. The first-order valence-corrected chi connectivity index (χ1v) is 10.3. The highest BCUT2D eigenvalue weighted by atomic mass is 16.3. The van der Waals surface area contributed by atoms with Crippen LogP contribution in [0.2, 0.25) is 0 Å². The standard InChI is InChI=1S/C23H29N5O2/c1-22(2)10-15(11-23(3,4)28-22)21(30)19-8-7-18(26-27-19)17-6-5-14(9-20(17)29)16-12-24-25-13-16/h5-9,12-13,15,21,28-30H,10-11H2,1-4H3,(H,24,25). The third-order valence-corrected chi connectivity index (χ3v) is 5.76. The van der Waals surface area contributed by atoms with E-state index in [1.807, 2.05) is 12.1 Å². The second-order valence-electron chi connectivity index (χ2n) is 9.57. The Morgan fingerprint density at radius 2 is 1.73 bits per heavy atom. The number of aromatic hydroxyl groups is 1. The highest BCUT2D eigenvalue weighted by Crippen LogP contribution is 2.39. The number of benzene rings is 1. The van der Waals surface area contributed by atoms with Crippen LogP contribution in [0.4, 0.5) is 0 Å². The SMILES string of the molecule is CC1(C)CC(C(O)c2ccc(-c3ccc(-c4cn[nH]c4)cc3O)nn2)CC(C)(C)N1. The highest BCUT2D eigenvalue weighted by molar-refractivity contribution is 5.73. The molecule has 2 aromatic heterocycles. The lowest BCUT2D eigenvalue weighted by Gasteiger charge is -2.47. The fourth-order valence-electron chi connectivity index (χ4n) is 4.85. The van der Waals surface area contributed by atoms with Gasteiger partial charge >= 0.3 is 0 Å². The van der Waals surface area contributed by atoms with Gasteiger partial charge in [-0.25, -0.2) is 0 Å². The zero-order chi connectivity index (χ0) is 21.5. The molecule has 30 heavy (non-hydrogen) atoms. The Hall–Kier alpha value is -2.77. The Morgan fingerprint density at radius 1 is 1.00 bits per heavy atom. The van der Waals surface area contributed by atoms with Crippen LogP contribution in [0.25, 0.3) is 22.4 Å². The Kier molecular flexibility index (Phi) is 5.11. The van der Waals surface area contributed by atoms with Gasteiger partial charge < -0.3 is 15.5 Å². The van der Waals surface area contributed by atoms with Gasteiger partial charge in [0.15, 0.2) is 0 Å². The summed E-state index contributed by atoms with van der Waals surface area (Å²) in [5, 5.41) is 40.4. The fraction of sp³-hybridized carbons (Fsp3) is 0.435. The number of H-pyrrole nitrogens is 1. The van der Waals surface area contributed by atoms with Crippen molar-refractivity contribution in [3.05, 3.63) is 48.4 Å². The molecule has 1 fully saturated rings. The molecule has 3 heterocycles. The van der Waals surface area contributed by atoms with Crippen molar-refractivity contribution < 1.29 is 10.2 Å². The average Bonchev–Trinajstić information content (AvgIpc) is 3.20. The first-order valence-electron chi connectivity index (χ1n) is 10.3. The molecule has 3 aromatic rings. The van der Waals surface area contributed by atoms with E-state index in [0.29, 0.717) is 17.0 Å². The van der Waals surface area contributed by atoms with E-state index in [1.54, 1.807) is 30.6 Å². The molecule has 1 aliphatic heterocycles. The molecule has 4 N–H and O–H groups in total. The van der Waals surface area contributed by atoms with Crippen LogP contribution in [0.15, 0.2) is 42.7 Å². The van der Waals surface area contributed by atoms with Crippen molar-refractivity contribution in [3.63, 3.8) is 0 Å². The molecule has 158 valence electrons. The van der Waals surface area contributed by atoms with Crippen LogP contribution in [-0.4, -0.2) is 41.7 Å². The van der Waals surface area contributed by atoms with Crippen molar-refractivity contribution in [1.29, 1.82) is 0 Å². The predicted molar refractivity (Wildman–Crippen MR) is 116 cm³/mol. The number of rotatable bonds is 4. The van der Waals surface area contributed by atoms with Crippen molar-refractivity contribution in [1.82, 2.24) is 25.7 Å². The number of nitrogens with one attached hydrogen (secondary N) is 2. The Morgan fingerprint density at radius 3 is 2.30 bits per heavy atom. The molecule has 0 bridgehead atoms. The van der Waals surface area contributed by atoms with Crippen LogP contribution in [0.3, 0.4) is 0 Å². The number of phenols is 1. The molecular weight excluding hydrogens is 378 g/mol. The number of nitrogens with zero attached hydrogens (tertiary/aromatic N) is 3. The van der Waals surface area contributed by atoms with Crippen molar-refractivity contribution in [2.75, 3.05) is 0 Å². The summed E-state index contributed by atoms with van der Waals surface area (Å²) in [4.78, 5) is 0. The number of aliphatic hydroxyl groups excluding tert-OH is 1. The summed E-state index contributed by atoms with van der Waals surface area (Å²) < 4.78 is 0. The lowest BCUT2D eigenvalue weighted by atomic mass is 9.73. The van der Waals surface area contributed by atoms with E-state index in [1.165, 1.54) is 0 Å². The largest absolute Gasteiger partial charge is 0.507 e. The number of aromatic amines is 1. The van der Waals surface area contributed by atoms with Gasteiger partial charge in [-0.15, -0.1) is 0 Å². The Balaban J connectivity index is 1.54.